The fourth-order valence-corrected chi connectivity index (χ4v) is 2.29. The highest BCUT2D eigenvalue weighted by Gasteiger charge is 2.33. The summed E-state index contributed by atoms with van der Waals surface area (Å²) in [5.74, 6) is 0. The lowest BCUT2D eigenvalue weighted by Gasteiger charge is -2.39. The number of hydrogen-bond donors (Lipinski definition) is 2. The van der Waals surface area contributed by atoms with Gasteiger partial charge in [-0.3, -0.25) is 0 Å². The maximum Gasteiger partial charge on any atom is 0.410 e. The van der Waals surface area contributed by atoms with E-state index in [0.717, 1.165) is 19.3 Å². The van der Waals surface area contributed by atoms with Gasteiger partial charge in [0, 0.05) is 19.2 Å². The summed E-state index contributed by atoms with van der Waals surface area (Å²) >= 11 is 0. The molecule has 5 heteroatoms. The van der Waals surface area contributed by atoms with E-state index in [1.807, 2.05) is 20.8 Å². The molecule has 1 rings (SSSR count). The third kappa shape index (κ3) is 4.46. The van der Waals surface area contributed by atoms with Gasteiger partial charge >= 0.3 is 6.09 Å². The molecule has 1 saturated heterocycles. The second-order valence-electron chi connectivity index (χ2n) is 5.91. The lowest BCUT2D eigenvalue weighted by atomic mass is 9.95. The summed E-state index contributed by atoms with van der Waals surface area (Å²) in [5, 5.41) is 8.96. The van der Waals surface area contributed by atoms with Crippen LogP contribution in [0.2, 0.25) is 0 Å². The van der Waals surface area contributed by atoms with Gasteiger partial charge in [-0.25, -0.2) is 4.79 Å². The van der Waals surface area contributed by atoms with Crippen molar-refractivity contribution in [2.24, 2.45) is 5.73 Å². The molecular formula is C13H26N2O3. The van der Waals surface area contributed by atoms with Crippen LogP contribution in [0.4, 0.5) is 4.79 Å². The van der Waals surface area contributed by atoms with E-state index in [2.05, 4.69) is 0 Å². The van der Waals surface area contributed by atoms with Gasteiger partial charge < -0.3 is 20.5 Å². The first kappa shape index (κ1) is 15.2. The van der Waals surface area contributed by atoms with Crippen molar-refractivity contribution < 1.29 is 14.6 Å². The molecule has 0 unspecified atom stereocenters. The monoisotopic (exact) mass is 258 g/mol. The molecule has 1 aliphatic rings. The van der Waals surface area contributed by atoms with Gasteiger partial charge in [0.1, 0.15) is 5.60 Å². The van der Waals surface area contributed by atoms with Gasteiger partial charge in [0.25, 0.3) is 0 Å². The van der Waals surface area contributed by atoms with E-state index in [1.54, 1.807) is 4.90 Å². The molecule has 0 radical (unpaired) electrons. The first-order valence-corrected chi connectivity index (χ1v) is 6.71. The zero-order valence-electron chi connectivity index (χ0n) is 11.7. The number of likely N-dealkylation sites (tertiary alicyclic amines) is 1. The highest BCUT2D eigenvalue weighted by molar-refractivity contribution is 5.68. The van der Waals surface area contributed by atoms with Crippen molar-refractivity contribution >= 4 is 6.09 Å². The standard InChI is InChI=1S/C13H26N2O3/c1-13(2,3)18-12(17)15-8-5-4-6-11(15)10(14)7-9-16/h10-11,16H,4-9,14H2,1-3H3/t10-,11-/m0/s1. The Balaban J connectivity index is 2.67. The number of carbonyl (C=O) groups excluding carboxylic acids is 1. The molecule has 1 aliphatic heterocycles. The molecule has 18 heavy (non-hydrogen) atoms. The van der Waals surface area contributed by atoms with E-state index in [4.69, 9.17) is 15.6 Å². The molecule has 3 N–H and O–H groups in total. The second-order valence-corrected chi connectivity index (χ2v) is 5.91. The summed E-state index contributed by atoms with van der Waals surface area (Å²) in [7, 11) is 0. The molecule has 1 fully saturated rings. The van der Waals surface area contributed by atoms with Crippen LogP contribution in [0.3, 0.4) is 0 Å². The SMILES string of the molecule is CC(C)(C)OC(=O)N1CCCC[C@H]1[C@@H](N)CCO. The van der Waals surface area contributed by atoms with Crippen LogP contribution in [0.25, 0.3) is 0 Å². The van der Waals surface area contributed by atoms with Gasteiger partial charge in [0.2, 0.25) is 0 Å². The van der Waals surface area contributed by atoms with Crippen LogP contribution in [0, 0.1) is 0 Å². The number of amides is 1. The molecule has 0 aliphatic carbocycles. The maximum absolute atomic E-state index is 12.1. The minimum atomic E-state index is -0.486. The van der Waals surface area contributed by atoms with Gasteiger partial charge in [0.15, 0.2) is 0 Å². The smallest absolute Gasteiger partial charge is 0.410 e. The summed E-state index contributed by atoms with van der Waals surface area (Å²) in [5.41, 5.74) is 5.56. The van der Waals surface area contributed by atoms with Crippen molar-refractivity contribution in [3.05, 3.63) is 0 Å². The number of hydrogen-bond acceptors (Lipinski definition) is 4. The second kappa shape index (κ2) is 6.38. The molecule has 2 atom stereocenters. The van der Waals surface area contributed by atoms with Crippen LogP contribution in [0.15, 0.2) is 0 Å². The number of nitrogens with two attached hydrogens (primary N) is 1. The van der Waals surface area contributed by atoms with Gasteiger partial charge in [-0.2, -0.15) is 0 Å². The number of rotatable bonds is 3. The highest BCUT2D eigenvalue weighted by atomic mass is 16.6. The average Bonchev–Trinajstić information content (AvgIpc) is 2.27. The van der Waals surface area contributed by atoms with Crippen LogP contribution in [-0.4, -0.2) is 46.9 Å². The molecule has 0 spiro atoms. The van der Waals surface area contributed by atoms with E-state index in [9.17, 15) is 4.79 Å². The van der Waals surface area contributed by atoms with Crippen molar-refractivity contribution in [3.8, 4) is 0 Å². The van der Waals surface area contributed by atoms with Crippen LogP contribution < -0.4 is 5.73 Å². The predicted molar refractivity (Wildman–Crippen MR) is 70.3 cm³/mol. The van der Waals surface area contributed by atoms with E-state index in [1.165, 1.54) is 0 Å². The predicted octanol–water partition coefficient (Wildman–Crippen LogP) is 1.49. The van der Waals surface area contributed by atoms with Crippen LogP contribution in [-0.2, 0) is 4.74 Å². The third-order valence-electron chi connectivity index (χ3n) is 3.13. The number of piperidine rings is 1. The van der Waals surface area contributed by atoms with Crippen LogP contribution >= 0.6 is 0 Å². The summed E-state index contributed by atoms with van der Waals surface area (Å²) in [6.45, 7) is 6.32. The van der Waals surface area contributed by atoms with Gasteiger partial charge in [0.05, 0.1) is 6.04 Å². The molecule has 0 aromatic heterocycles. The van der Waals surface area contributed by atoms with Gasteiger partial charge in [-0.05, 0) is 46.5 Å². The first-order chi connectivity index (χ1) is 8.35. The van der Waals surface area contributed by atoms with Crippen molar-refractivity contribution in [1.29, 1.82) is 0 Å². The summed E-state index contributed by atoms with van der Waals surface area (Å²) in [6.07, 6.45) is 3.18. The normalized spacial score (nSPS) is 22.7. The summed E-state index contributed by atoms with van der Waals surface area (Å²) in [4.78, 5) is 13.8. The Bertz CT molecular complexity index is 276. The Kier molecular flexibility index (Phi) is 5.41. The Morgan fingerprint density at radius 1 is 1.50 bits per heavy atom. The Morgan fingerprint density at radius 3 is 2.72 bits per heavy atom. The molecule has 1 amide bonds. The largest absolute Gasteiger partial charge is 0.444 e. The van der Waals surface area contributed by atoms with Gasteiger partial charge in [-0.1, -0.05) is 0 Å². The highest BCUT2D eigenvalue weighted by Crippen LogP contribution is 2.22. The van der Waals surface area contributed by atoms with Crippen molar-refractivity contribution in [2.45, 2.75) is 64.1 Å². The fraction of sp³-hybridized carbons (Fsp3) is 0.923. The number of aliphatic hydroxyl groups excluding tert-OH is 1. The topological polar surface area (TPSA) is 75.8 Å². The quantitative estimate of drug-likeness (QED) is 0.804. The summed E-state index contributed by atoms with van der Waals surface area (Å²) < 4.78 is 5.40. The van der Waals surface area contributed by atoms with Crippen molar-refractivity contribution in [3.63, 3.8) is 0 Å². The van der Waals surface area contributed by atoms with Crippen LogP contribution in [0.5, 0.6) is 0 Å². The van der Waals surface area contributed by atoms with E-state index in [0.29, 0.717) is 13.0 Å². The Hall–Kier alpha value is -0.810. The molecule has 106 valence electrons. The average molecular weight is 258 g/mol. The molecule has 5 nitrogen and oxygen atoms in total. The van der Waals surface area contributed by atoms with Gasteiger partial charge in [-0.15, -0.1) is 0 Å². The maximum atomic E-state index is 12.1. The molecule has 0 aromatic carbocycles. The van der Waals surface area contributed by atoms with E-state index >= 15 is 0 Å². The van der Waals surface area contributed by atoms with Crippen LogP contribution in [0.1, 0.15) is 46.5 Å². The number of ether oxygens (including phenoxy) is 1. The Labute approximate surface area is 109 Å². The molecule has 0 bridgehead atoms. The number of aliphatic hydroxyl groups is 1. The van der Waals surface area contributed by atoms with E-state index < -0.39 is 5.60 Å². The summed E-state index contributed by atoms with van der Waals surface area (Å²) in [6, 6.07) is -0.191. The Morgan fingerprint density at radius 2 is 2.17 bits per heavy atom. The number of carbonyl (C=O) groups is 1. The minimum absolute atomic E-state index is 0.0132. The lowest BCUT2D eigenvalue weighted by molar-refractivity contribution is 0.00548. The zero-order valence-corrected chi connectivity index (χ0v) is 11.7. The number of nitrogens with zero attached hydrogens (tertiary/aromatic N) is 1. The van der Waals surface area contributed by atoms with Crippen molar-refractivity contribution in [2.75, 3.05) is 13.2 Å². The molecule has 0 saturated carbocycles. The minimum Gasteiger partial charge on any atom is -0.444 e. The molecule has 0 aromatic rings. The third-order valence-corrected chi connectivity index (χ3v) is 3.13. The lowest BCUT2D eigenvalue weighted by Crippen LogP contribution is -2.54. The van der Waals surface area contributed by atoms with Crippen molar-refractivity contribution in [1.82, 2.24) is 4.90 Å². The first-order valence-electron chi connectivity index (χ1n) is 6.71. The molecular weight excluding hydrogens is 232 g/mol. The van der Waals surface area contributed by atoms with E-state index in [-0.39, 0.29) is 24.8 Å². The fourth-order valence-electron chi connectivity index (χ4n) is 2.29. The molecule has 1 heterocycles. The zero-order chi connectivity index (χ0) is 13.8.